The first-order chi connectivity index (χ1) is 16.7. The second-order valence-electron chi connectivity index (χ2n) is 7.55. The van der Waals surface area contributed by atoms with E-state index in [0.717, 1.165) is 12.1 Å². The number of para-hydroxylation sites is 3. The lowest BCUT2D eigenvalue weighted by Crippen LogP contribution is -2.46. The molecular formula is C24H20F3N5O3. The highest BCUT2D eigenvalue weighted by molar-refractivity contribution is 6.04. The van der Waals surface area contributed by atoms with Gasteiger partial charge in [-0.15, -0.1) is 0 Å². The van der Waals surface area contributed by atoms with Crippen LogP contribution in [0.3, 0.4) is 0 Å². The van der Waals surface area contributed by atoms with E-state index in [9.17, 15) is 27.9 Å². The number of rotatable bonds is 7. The average Bonchev–Trinajstić information content (AvgIpc) is 3.24. The number of amides is 2. The van der Waals surface area contributed by atoms with Gasteiger partial charge in [0.15, 0.2) is 0 Å². The van der Waals surface area contributed by atoms with Crippen molar-refractivity contribution >= 4 is 40.2 Å². The zero-order chi connectivity index (χ0) is 25.0. The van der Waals surface area contributed by atoms with Gasteiger partial charge >= 0.3 is 6.18 Å². The fourth-order valence-corrected chi connectivity index (χ4v) is 3.36. The molecule has 180 valence electrons. The third-order valence-electron chi connectivity index (χ3n) is 5.08. The Morgan fingerprint density at radius 3 is 2.49 bits per heavy atom. The van der Waals surface area contributed by atoms with Crippen LogP contribution in [0.4, 0.5) is 30.5 Å². The number of alkyl halides is 3. The highest BCUT2D eigenvalue weighted by Crippen LogP contribution is 2.32. The summed E-state index contributed by atoms with van der Waals surface area (Å²) in [5.74, 6) is -1.27. The summed E-state index contributed by atoms with van der Waals surface area (Å²) in [7, 11) is 0. The van der Waals surface area contributed by atoms with Crippen molar-refractivity contribution in [2.45, 2.75) is 12.2 Å². The number of nitrogens with zero attached hydrogens (tertiary/aromatic N) is 1. The summed E-state index contributed by atoms with van der Waals surface area (Å²) in [4.78, 5) is 32.7. The number of imidazole rings is 1. The summed E-state index contributed by atoms with van der Waals surface area (Å²) in [5, 5.41) is 17.4. The first-order valence-corrected chi connectivity index (χ1v) is 10.5. The molecule has 1 aromatic heterocycles. The number of carbonyl (C=O) groups excluding carboxylic acids is 2. The second kappa shape index (κ2) is 9.85. The molecule has 3 aromatic carbocycles. The van der Waals surface area contributed by atoms with Crippen LogP contribution < -0.4 is 16.0 Å². The summed E-state index contributed by atoms with van der Waals surface area (Å²) in [6.45, 7) is -0.693. The van der Waals surface area contributed by atoms with E-state index >= 15 is 0 Å². The number of fused-ring (bicyclic) bond motifs is 1. The largest absolute Gasteiger partial charge is 0.416 e. The van der Waals surface area contributed by atoms with Crippen LogP contribution in [0.25, 0.3) is 11.0 Å². The van der Waals surface area contributed by atoms with Crippen molar-refractivity contribution in [2.75, 3.05) is 17.2 Å². The van der Waals surface area contributed by atoms with Crippen molar-refractivity contribution in [3.05, 3.63) is 83.9 Å². The van der Waals surface area contributed by atoms with E-state index in [1.54, 1.807) is 36.4 Å². The number of anilines is 3. The first-order valence-electron chi connectivity index (χ1n) is 10.5. The van der Waals surface area contributed by atoms with Gasteiger partial charge in [0.1, 0.15) is 6.04 Å². The highest BCUT2D eigenvalue weighted by Gasteiger charge is 2.30. The van der Waals surface area contributed by atoms with Gasteiger partial charge in [0.2, 0.25) is 5.95 Å². The number of hydrogen-bond donors (Lipinski definition) is 5. The van der Waals surface area contributed by atoms with Gasteiger partial charge in [-0.2, -0.15) is 13.2 Å². The number of hydrogen-bond acceptors (Lipinski definition) is 5. The Bertz CT molecular complexity index is 1340. The number of aromatic amines is 1. The fourth-order valence-electron chi connectivity index (χ4n) is 3.36. The summed E-state index contributed by atoms with van der Waals surface area (Å²) in [6, 6.07) is 16.5. The number of carbonyl (C=O) groups is 2. The molecule has 0 radical (unpaired) electrons. The Hall–Kier alpha value is -4.38. The Morgan fingerprint density at radius 1 is 1.00 bits per heavy atom. The zero-order valence-corrected chi connectivity index (χ0v) is 18.1. The van der Waals surface area contributed by atoms with E-state index in [0.29, 0.717) is 11.0 Å². The summed E-state index contributed by atoms with van der Waals surface area (Å²) < 4.78 is 39.1. The molecule has 0 fully saturated rings. The third kappa shape index (κ3) is 5.58. The Balaban J connectivity index is 1.48. The Labute approximate surface area is 197 Å². The third-order valence-corrected chi connectivity index (χ3v) is 5.08. The van der Waals surface area contributed by atoms with Gasteiger partial charge in [-0.05, 0) is 42.5 Å². The molecule has 0 aliphatic heterocycles. The monoisotopic (exact) mass is 483 g/mol. The SMILES string of the molecule is O=C(NC(CO)C(=O)Nc1nc2ccccc2[nH]1)c1ccccc1Nc1cccc(C(F)(F)F)c1. The van der Waals surface area contributed by atoms with Gasteiger partial charge in [-0.25, -0.2) is 4.98 Å². The van der Waals surface area contributed by atoms with E-state index < -0.39 is 36.2 Å². The lowest BCUT2D eigenvalue weighted by molar-refractivity contribution is -0.137. The van der Waals surface area contributed by atoms with E-state index in [4.69, 9.17) is 0 Å². The summed E-state index contributed by atoms with van der Waals surface area (Å²) >= 11 is 0. The molecule has 0 bridgehead atoms. The van der Waals surface area contributed by atoms with Crippen LogP contribution in [-0.2, 0) is 11.0 Å². The minimum Gasteiger partial charge on any atom is -0.394 e. The van der Waals surface area contributed by atoms with Crippen LogP contribution in [0, 0.1) is 0 Å². The molecule has 11 heteroatoms. The lowest BCUT2D eigenvalue weighted by Gasteiger charge is -2.17. The number of nitrogens with one attached hydrogen (secondary N) is 4. The molecule has 1 unspecified atom stereocenters. The molecule has 2 amide bonds. The zero-order valence-electron chi connectivity index (χ0n) is 18.1. The topological polar surface area (TPSA) is 119 Å². The van der Waals surface area contributed by atoms with Gasteiger partial charge in [0, 0.05) is 5.69 Å². The maximum Gasteiger partial charge on any atom is 0.416 e. The van der Waals surface area contributed by atoms with Crippen LogP contribution in [0.5, 0.6) is 0 Å². The van der Waals surface area contributed by atoms with Crippen LogP contribution >= 0.6 is 0 Å². The van der Waals surface area contributed by atoms with Gasteiger partial charge in [0.25, 0.3) is 11.8 Å². The van der Waals surface area contributed by atoms with Crippen molar-refractivity contribution in [3.8, 4) is 0 Å². The number of H-pyrrole nitrogens is 1. The molecule has 5 N–H and O–H groups in total. The van der Waals surface area contributed by atoms with E-state index in [1.807, 2.05) is 0 Å². The molecule has 35 heavy (non-hydrogen) atoms. The van der Waals surface area contributed by atoms with Gasteiger partial charge in [-0.1, -0.05) is 30.3 Å². The van der Waals surface area contributed by atoms with Crippen molar-refractivity contribution in [2.24, 2.45) is 0 Å². The van der Waals surface area contributed by atoms with Crippen LogP contribution in [0.15, 0.2) is 72.8 Å². The van der Waals surface area contributed by atoms with Gasteiger partial charge in [0.05, 0.1) is 34.5 Å². The normalized spacial score (nSPS) is 12.2. The number of aromatic nitrogens is 2. The predicted molar refractivity (Wildman–Crippen MR) is 124 cm³/mol. The molecule has 1 atom stereocenters. The number of halogens is 3. The molecule has 0 aliphatic carbocycles. The van der Waals surface area contributed by atoms with E-state index in [1.165, 1.54) is 24.3 Å². The number of aliphatic hydroxyl groups excluding tert-OH is 1. The second-order valence-corrected chi connectivity index (χ2v) is 7.55. The standard InChI is InChI=1S/C24H20F3N5O3/c25-24(26,27)14-6-5-7-15(12-14)28-17-9-2-1-8-16(17)21(34)29-20(13-33)22(35)32-23-30-18-10-3-4-11-19(18)31-23/h1-12,20,28,33H,13H2,(H,29,34)(H2,30,31,32,35). The van der Waals surface area contributed by atoms with Crippen LogP contribution in [0.1, 0.15) is 15.9 Å². The average molecular weight is 483 g/mol. The Morgan fingerprint density at radius 2 is 1.74 bits per heavy atom. The minimum atomic E-state index is -4.52. The first kappa shape index (κ1) is 23.8. The minimum absolute atomic E-state index is 0.0694. The smallest absolute Gasteiger partial charge is 0.394 e. The fraction of sp³-hybridized carbons (Fsp3) is 0.125. The summed E-state index contributed by atoms with van der Waals surface area (Å²) in [5.41, 5.74) is 0.899. The maximum absolute atomic E-state index is 13.0. The molecule has 0 spiro atoms. The van der Waals surface area contributed by atoms with Crippen molar-refractivity contribution in [3.63, 3.8) is 0 Å². The van der Waals surface area contributed by atoms with Crippen molar-refractivity contribution < 1.29 is 27.9 Å². The number of benzene rings is 3. The molecule has 0 saturated heterocycles. The molecule has 4 rings (SSSR count). The van der Waals surface area contributed by atoms with E-state index in [-0.39, 0.29) is 22.9 Å². The maximum atomic E-state index is 13.0. The molecule has 0 saturated carbocycles. The Kier molecular flexibility index (Phi) is 6.69. The predicted octanol–water partition coefficient (Wildman–Crippen LogP) is 4.05. The number of aliphatic hydroxyl groups is 1. The van der Waals surface area contributed by atoms with Crippen molar-refractivity contribution in [1.82, 2.24) is 15.3 Å². The quantitative estimate of drug-likeness (QED) is 0.272. The lowest BCUT2D eigenvalue weighted by atomic mass is 10.1. The molecule has 4 aromatic rings. The van der Waals surface area contributed by atoms with Crippen LogP contribution in [-0.4, -0.2) is 39.5 Å². The summed E-state index contributed by atoms with van der Waals surface area (Å²) in [6.07, 6.45) is -4.52. The van der Waals surface area contributed by atoms with E-state index in [2.05, 4.69) is 25.9 Å². The molecular weight excluding hydrogens is 463 g/mol. The highest BCUT2D eigenvalue weighted by atomic mass is 19.4. The molecule has 8 nitrogen and oxygen atoms in total. The molecule has 0 aliphatic rings. The van der Waals surface area contributed by atoms with Crippen molar-refractivity contribution in [1.29, 1.82) is 0 Å². The van der Waals surface area contributed by atoms with Crippen LogP contribution in [0.2, 0.25) is 0 Å². The molecule has 1 heterocycles. The van der Waals surface area contributed by atoms with Gasteiger partial charge in [-0.3, -0.25) is 14.9 Å². The van der Waals surface area contributed by atoms with Gasteiger partial charge < -0.3 is 20.7 Å².